The van der Waals surface area contributed by atoms with Crippen molar-refractivity contribution >= 4 is 9.24 Å². The number of aryl methyl sites for hydroxylation is 2. The molecule has 12 heavy (non-hydrogen) atoms. The lowest BCUT2D eigenvalue weighted by Gasteiger charge is -2.10. The third-order valence-corrected chi connectivity index (χ3v) is 2.70. The van der Waals surface area contributed by atoms with E-state index in [1.165, 1.54) is 16.7 Å². The molecule has 0 bridgehead atoms. The SMILES string of the molecule is [CH2]CC(P)c1cc(C)cc(C)c1. The van der Waals surface area contributed by atoms with Crippen molar-refractivity contribution in [2.45, 2.75) is 25.9 Å². The van der Waals surface area contributed by atoms with Crippen LogP contribution in [-0.2, 0) is 0 Å². The summed E-state index contributed by atoms with van der Waals surface area (Å²) in [6.07, 6.45) is 0.938. The van der Waals surface area contributed by atoms with Crippen LogP contribution in [0.15, 0.2) is 18.2 Å². The fourth-order valence-corrected chi connectivity index (χ4v) is 1.58. The van der Waals surface area contributed by atoms with Gasteiger partial charge in [0.2, 0.25) is 0 Å². The predicted octanol–water partition coefficient (Wildman–Crippen LogP) is 3.44. The first kappa shape index (κ1) is 9.74. The molecule has 0 heterocycles. The van der Waals surface area contributed by atoms with Gasteiger partial charge in [-0.05, 0) is 31.5 Å². The molecule has 1 heteroatoms. The fourth-order valence-electron chi connectivity index (χ4n) is 1.39. The number of rotatable bonds is 2. The van der Waals surface area contributed by atoms with Gasteiger partial charge in [0.1, 0.15) is 0 Å². The van der Waals surface area contributed by atoms with Crippen molar-refractivity contribution in [2.75, 3.05) is 0 Å². The van der Waals surface area contributed by atoms with Crippen LogP contribution in [0.3, 0.4) is 0 Å². The van der Waals surface area contributed by atoms with Crippen LogP contribution < -0.4 is 0 Å². The molecule has 0 amide bonds. The van der Waals surface area contributed by atoms with E-state index in [4.69, 9.17) is 0 Å². The Labute approximate surface area is 77.6 Å². The summed E-state index contributed by atoms with van der Waals surface area (Å²) in [5.74, 6) is 0. The van der Waals surface area contributed by atoms with Crippen LogP contribution in [0.4, 0.5) is 0 Å². The Bertz CT molecular complexity index is 245. The molecule has 0 spiro atoms. The maximum Gasteiger partial charge on any atom is -0.00144 e. The second kappa shape index (κ2) is 4.05. The van der Waals surface area contributed by atoms with Crippen molar-refractivity contribution in [1.29, 1.82) is 0 Å². The summed E-state index contributed by atoms with van der Waals surface area (Å²) in [7, 11) is 2.83. The van der Waals surface area contributed by atoms with Crippen molar-refractivity contribution in [1.82, 2.24) is 0 Å². The van der Waals surface area contributed by atoms with Gasteiger partial charge in [0, 0.05) is 0 Å². The van der Waals surface area contributed by atoms with Crippen LogP contribution in [-0.4, -0.2) is 0 Å². The molecule has 0 N–H and O–H groups in total. The molecule has 0 nitrogen and oxygen atoms in total. The minimum Gasteiger partial charge on any atom is -0.130 e. The van der Waals surface area contributed by atoms with Crippen molar-refractivity contribution in [3.05, 3.63) is 41.8 Å². The summed E-state index contributed by atoms with van der Waals surface area (Å²) in [5.41, 5.74) is 4.56. The van der Waals surface area contributed by atoms with Crippen LogP contribution in [0.5, 0.6) is 0 Å². The highest BCUT2D eigenvalue weighted by molar-refractivity contribution is 7.17. The van der Waals surface area contributed by atoms with Gasteiger partial charge < -0.3 is 0 Å². The molecule has 2 atom stereocenters. The predicted molar refractivity (Wildman–Crippen MR) is 58.3 cm³/mol. The molecule has 0 aromatic heterocycles. The standard InChI is InChI=1S/C11H16P/c1-4-11(12)10-6-8(2)5-9(3)7-10/h5-7,11H,1,4,12H2,2-3H3. The lowest BCUT2D eigenvalue weighted by atomic mass is 10.0. The van der Waals surface area contributed by atoms with Gasteiger partial charge in [-0.1, -0.05) is 36.2 Å². The average molecular weight is 179 g/mol. The van der Waals surface area contributed by atoms with Crippen LogP contribution in [0.25, 0.3) is 0 Å². The monoisotopic (exact) mass is 179 g/mol. The molecule has 1 rings (SSSR count). The molecule has 1 aromatic rings. The highest BCUT2D eigenvalue weighted by Gasteiger charge is 2.03. The number of hydrogen-bond donors (Lipinski definition) is 0. The molecule has 1 radical (unpaired) electrons. The Morgan fingerprint density at radius 1 is 1.25 bits per heavy atom. The van der Waals surface area contributed by atoms with Gasteiger partial charge in [0.05, 0.1) is 0 Å². The largest absolute Gasteiger partial charge is 0.130 e. The third kappa shape index (κ3) is 2.32. The molecule has 0 aliphatic carbocycles. The highest BCUT2D eigenvalue weighted by Crippen LogP contribution is 2.27. The van der Waals surface area contributed by atoms with Gasteiger partial charge in [-0.2, -0.15) is 0 Å². The van der Waals surface area contributed by atoms with Crippen molar-refractivity contribution in [3.63, 3.8) is 0 Å². The van der Waals surface area contributed by atoms with Gasteiger partial charge in [-0.25, -0.2) is 0 Å². The third-order valence-electron chi connectivity index (χ3n) is 1.98. The zero-order valence-corrected chi connectivity index (χ0v) is 8.96. The second-order valence-electron chi connectivity index (χ2n) is 3.32. The topological polar surface area (TPSA) is 0 Å². The molecule has 0 fully saturated rings. The van der Waals surface area contributed by atoms with E-state index in [1.54, 1.807) is 0 Å². The molecule has 0 aliphatic heterocycles. The van der Waals surface area contributed by atoms with Gasteiger partial charge >= 0.3 is 0 Å². The van der Waals surface area contributed by atoms with E-state index in [0.717, 1.165) is 6.42 Å². The zero-order valence-electron chi connectivity index (χ0n) is 7.80. The Balaban J connectivity index is 3.00. The summed E-state index contributed by atoms with van der Waals surface area (Å²) in [5, 5.41) is 0. The zero-order chi connectivity index (χ0) is 9.14. The van der Waals surface area contributed by atoms with Crippen molar-refractivity contribution < 1.29 is 0 Å². The molecular weight excluding hydrogens is 163 g/mol. The molecule has 0 aliphatic rings. The van der Waals surface area contributed by atoms with E-state index in [-0.39, 0.29) is 0 Å². The number of hydrogen-bond acceptors (Lipinski definition) is 0. The summed E-state index contributed by atoms with van der Waals surface area (Å²) in [6, 6.07) is 6.66. The summed E-state index contributed by atoms with van der Waals surface area (Å²) in [4.78, 5) is 0. The summed E-state index contributed by atoms with van der Waals surface area (Å²) >= 11 is 0. The van der Waals surface area contributed by atoms with E-state index >= 15 is 0 Å². The Morgan fingerprint density at radius 2 is 1.75 bits per heavy atom. The van der Waals surface area contributed by atoms with Crippen LogP contribution >= 0.6 is 9.24 Å². The molecule has 0 saturated carbocycles. The fraction of sp³-hybridized carbons (Fsp3) is 0.364. The van der Waals surface area contributed by atoms with Crippen molar-refractivity contribution in [3.8, 4) is 0 Å². The maximum absolute atomic E-state index is 3.90. The minimum atomic E-state index is 0.503. The van der Waals surface area contributed by atoms with Gasteiger partial charge in [-0.3, -0.25) is 0 Å². The first-order valence-corrected chi connectivity index (χ1v) is 4.93. The smallest absolute Gasteiger partial charge is 0.00144 e. The minimum absolute atomic E-state index is 0.503. The molecule has 1 aromatic carbocycles. The Kier molecular flexibility index (Phi) is 3.29. The van der Waals surface area contributed by atoms with E-state index < -0.39 is 0 Å². The normalized spacial score (nSPS) is 13.0. The highest BCUT2D eigenvalue weighted by atomic mass is 31.0. The van der Waals surface area contributed by atoms with Gasteiger partial charge in [0.25, 0.3) is 0 Å². The first-order valence-electron chi connectivity index (χ1n) is 4.26. The number of benzene rings is 1. The van der Waals surface area contributed by atoms with Gasteiger partial charge in [0.15, 0.2) is 0 Å². The quantitative estimate of drug-likeness (QED) is 0.610. The Hall–Kier alpha value is -0.350. The van der Waals surface area contributed by atoms with E-state index in [2.05, 4.69) is 48.2 Å². The van der Waals surface area contributed by atoms with Crippen LogP contribution in [0, 0.1) is 20.8 Å². The second-order valence-corrected chi connectivity index (χ2v) is 4.12. The molecule has 2 unspecified atom stereocenters. The average Bonchev–Trinajstić information content (AvgIpc) is 2.01. The van der Waals surface area contributed by atoms with E-state index in [0.29, 0.717) is 5.66 Å². The van der Waals surface area contributed by atoms with E-state index in [1.807, 2.05) is 0 Å². The van der Waals surface area contributed by atoms with Crippen molar-refractivity contribution in [2.24, 2.45) is 0 Å². The van der Waals surface area contributed by atoms with Crippen LogP contribution in [0.2, 0.25) is 0 Å². The summed E-state index contributed by atoms with van der Waals surface area (Å²) in [6.45, 7) is 8.17. The van der Waals surface area contributed by atoms with Gasteiger partial charge in [-0.15, -0.1) is 9.24 Å². The molecule has 0 saturated heterocycles. The maximum atomic E-state index is 3.90. The lowest BCUT2D eigenvalue weighted by Crippen LogP contribution is -1.89. The molecular formula is C11H16P. The Morgan fingerprint density at radius 3 is 2.17 bits per heavy atom. The van der Waals surface area contributed by atoms with E-state index in [9.17, 15) is 0 Å². The lowest BCUT2D eigenvalue weighted by molar-refractivity contribution is 0.964. The molecule has 65 valence electrons. The first-order chi connectivity index (χ1) is 5.63. The van der Waals surface area contributed by atoms with Crippen LogP contribution in [0.1, 0.15) is 28.8 Å². The summed E-state index contributed by atoms with van der Waals surface area (Å²) < 4.78 is 0.